The van der Waals surface area contributed by atoms with Crippen LogP contribution in [0.15, 0.2) is 12.1 Å². The average Bonchev–Trinajstić information content (AvgIpc) is 2.85. The zero-order valence-corrected chi connectivity index (χ0v) is 10.9. The molecule has 0 amide bonds. The minimum absolute atomic E-state index is 0.391. The zero-order chi connectivity index (χ0) is 12.6. The van der Waals surface area contributed by atoms with Crippen molar-refractivity contribution in [2.75, 3.05) is 20.3 Å². The minimum atomic E-state index is -0.399. The molecule has 1 saturated heterocycles. The Morgan fingerprint density at radius 3 is 2.83 bits per heavy atom. The molecule has 0 bridgehead atoms. The van der Waals surface area contributed by atoms with Crippen molar-refractivity contribution in [2.45, 2.75) is 37.9 Å². The van der Waals surface area contributed by atoms with Crippen molar-refractivity contribution in [1.29, 1.82) is 0 Å². The Morgan fingerprint density at radius 2 is 2.17 bits per heavy atom. The maximum Gasteiger partial charge on any atom is 0.213 e. The molecule has 1 spiro atoms. The summed E-state index contributed by atoms with van der Waals surface area (Å²) in [6.07, 6.45) is 2.74. The van der Waals surface area contributed by atoms with Crippen LogP contribution in [0.3, 0.4) is 0 Å². The average molecular weight is 249 g/mol. The molecule has 1 atom stereocenters. The Bertz CT molecular complexity index is 441. The molecule has 1 unspecified atom stereocenters. The van der Waals surface area contributed by atoms with Gasteiger partial charge in [0.25, 0.3) is 0 Å². The second-order valence-electron chi connectivity index (χ2n) is 4.99. The summed E-state index contributed by atoms with van der Waals surface area (Å²) in [6.45, 7) is 3.59. The highest BCUT2D eigenvalue weighted by Gasteiger charge is 2.43. The van der Waals surface area contributed by atoms with Crippen LogP contribution in [0, 0.1) is 0 Å². The first-order valence-electron chi connectivity index (χ1n) is 6.58. The van der Waals surface area contributed by atoms with E-state index in [2.05, 4.69) is 18.0 Å². The first-order chi connectivity index (χ1) is 8.76. The van der Waals surface area contributed by atoms with Crippen LogP contribution >= 0.6 is 0 Å². The Balaban J connectivity index is 1.98. The third-order valence-corrected chi connectivity index (χ3v) is 3.91. The Hall–Kier alpha value is -1.13. The van der Waals surface area contributed by atoms with Crippen LogP contribution in [0.5, 0.6) is 5.88 Å². The van der Waals surface area contributed by atoms with Gasteiger partial charge in [-0.1, -0.05) is 13.0 Å². The molecule has 1 aromatic heterocycles. The third kappa shape index (κ3) is 1.89. The fraction of sp³-hybridized carbons (Fsp3) is 0.643. The van der Waals surface area contributed by atoms with Crippen molar-refractivity contribution in [3.05, 3.63) is 23.4 Å². The lowest BCUT2D eigenvalue weighted by atomic mass is 9.81. The first kappa shape index (κ1) is 11.9. The van der Waals surface area contributed by atoms with E-state index in [1.54, 1.807) is 7.11 Å². The molecule has 1 aromatic rings. The molecule has 1 aliphatic heterocycles. The zero-order valence-electron chi connectivity index (χ0n) is 10.9. The van der Waals surface area contributed by atoms with Gasteiger partial charge in [0.2, 0.25) is 5.88 Å². The molecule has 98 valence electrons. The smallest absolute Gasteiger partial charge is 0.213 e. The fourth-order valence-corrected chi connectivity index (χ4v) is 2.99. The Kier molecular flexibility index (Phi) is 2.99. The van der Waals surface area contributed by atoms with E-state index in [0.717, 1.165) is 25.0 Å². The lowest BCUT2D eigenvalue weighted by Gasteiger charge is -2.36. The van der Waals surface area contributed by atoms with E-state index in [1.165, 1.54) is 5.56 Å². The summed E-state index contributed by atoms with van der Waals surface area (Å²) in [5.74, 6) is 0.683. The van der Waals surface area contributed by atoms with Crippen molar-refractivity contribution in [2.24, 2.45) is 0 Å². The van der Waals surface area contributed by atoms with Crippen molar-refractivity contribution >= 4 is 0 Å². The fourth-order valence-electron chi connectivity index (χ4n) is 2.99. The van der Waals surface area contributed by atoms with Gasteiger partial charge in [-0.15, -0.1) is 0 Å². The molecule has 1 fully saturated rings. The van der Waals surface area contributed by atoms with Crippen molar-refractivity contribution in [3.63, 3.8) is 0 Å². The number of aromatic nitrogens is 1. The van der Waals surface area contributed by atoms with Gasteiger partial charge < -0.3 is 14.2 Å². The number of ether oxygens (including phenoxy) is 3. The number of hydrogen-bond acceptors (Lipinski definition) is 4. The third-order valence-electron chi connectivity index (χ3n) is 3.91. The van der Waals surface area contributed by atoms with E-state index in [1.807, 2.05) is 6.07 Å². The summed E-state index contributed by atoms with van der Waals surface area (Å²) in [4.78, 5) is 4.61. The number of rotatable bonds is 2. The molecule has 0 saturated carbocycles. The normalized spacial score (nSPS) is 25.1. The molecule has 0 aromatic carbocycles. The summed E-state index contributed by atoms with van der Waals surface area (Å²) in [6, 6.07) is 4.01. The molecule has 2 aliphatic rings. The van der Waals surface area contributed by atoms with Crippen LogP contribution in [-0.2, 0) is 15.9 Å². The van der Waals surface area contributed by atoms with Gasteiger partial charge in [0, 0.05) is 24.8 Å². The predicted molar refractivity (Wildman–Crippen MR) is 66.8 cm³/mol. The summed E-state index contributed by atoms with van der Waals surface area (Å²) < 4.78 is 16.9. The second-order valence-corrected chi connectivity index (χ2v) is 4.99. The van der Waals surface area contributed by atoms with E-state index in [9.17, 15) is 0 Å². The van der Waals surface area contributed by atoms with Gasteiger partial charge in [0.15, 0.2) is 5.79 Å². The van der Waals surface area contributed by atoms with Gasteiger partial charge >= 0.3 is 0 Å². The van der Waals surface area contributed by atoms with Gasteiger partial charge in [0.1, 0.15) is 0 Å². The molecule has 18 heavy (non-hydrogen) atoms. The summed E-state index contributed by atoms with van der Waals surface area (Å²) in [5, 5.41) is 0. The van der Waals surface area contributed by atoms with Gasteiger partial charge in [-0.25, -0.2) is 4.98 Å². The summed E-state index contributed by atoms with van der Waals surface area (Å²) in [5.41, 5.74) is 2.39. The number of methoxy groups -OCH3 is 1. The molecule has 1 aliphatic carbocycles. The van der Waals surface area contributed by atoms with E-state index < -0.39 is 5.79 Å². The highest BCUT2D eigenvalue weighted by molar-refractivity contribution is 5.32. The second kappa shape index (κ2) is 4.52. The number of fused-ring (bicyclic) bond motifs is 1. The largest absolute Gasteiger partial charge is 0.481 e. The molecule has 4 nitrogen and oxygen atoms in total. The summed E-state index contributed by atoms with van der Waals surface area (Å²) >= 11 is 0. The molecule has 3 rings (SSSR count). The van der Waals surface area contributed by atoms with Crippen LogP contribution in [0.4, 0.5) is 0 Å². The lowest BCUT2D eigenvalue weighted by Crippen LogP contribution is -2.39. The quantitative estimate of drug-likeness (QED) is 0.806. The predicted octanol–water partition coefficient (Wildman–Crippen LogP) is 2.27. The van der Waals surface area contributed by atoms with Crippen LogP contribution < -0.4 is 4.74 Å². The van der Waals surface area contributed by atoms with Crippen LogP contribution in [0.2, 0.25) is 0 Å². The minimum Gasteiger partial charge on any atom is -0.481 e. The van der Waals surface area contributed by atoms with Crippen molar-refractivity contribution < 1.29 is 14.2 Å². The van der Waals surface area contributed by atoms with Crippen molar-refractivity contribution in [3.8, 4) is 5.88 Å². The van der Waals surface area contributed by atoms with E-state index in [0.29, 0.717) is 25.0 Å². The molecule has 4 heteroatoms. The van der Waals surface area contributed by atoms with Gasteiger partial charge in [-0.2, -0.15) is 0 Å². The first-order valence-corrected chi connectivity index (χ1v) is 6.58. The molecular weight excluding hydrogens is 230 g/mol. The van der Waals surface area contributed by atoms with E-state index in [4.69, 9.17) is 14.2 Å². The Morgan fingerprint density at radius 1 is 1.39 bits per heavy atom. The standard InChI is InChI=1S/C14H19NO3/c1-3-10-8-14(17-6-7-18-14)9-11-4-5-12(16-2)15-13(10)11/h4-5,10H,3,6-9H2,1-2H3. The van der Waals surface area contributed by atoms with Crippen LogP contribution in [0.25, 0.3) is 0 Å². The van der Waals surface area contributed by atoms with Crippen LogP contribution in [0.1, 0.15) is 36.9 Å². The molecular formula is C14H19NO3. The molecule has 0 N–H and O–H groups in total. The monoisotopic (exact) mass is 249 g/mol. The molecule has 2 heterocycles. The Labute approximate surface area is 107 Å². The topological polar surface area (TPSA) is 40.6 Å². The maximum atomic E-state index is 5.85. The van der Waals surface area contributed by atoms with Gasteiger partial charge in [0.05, 0.1) is 26.0 Å². The molecule has 0 radical (unpaired) electrons. The SMILES string of the molecule is CCC1CC2(Cc3ccc(OC)nc31)OCCO2. The van der Waals surface area contributed by atoms with Crippen LogP contribution in [-0.4, -0.2) is 31.1 Å². The number of nitrogens with zero attached hydrogens (tertiary/aromatic N) is 1. The van der Waals surface area contributed by atoms with E-state index >= 15 is 0 Å². The van der Waals surface area contributed by atoms with E-state index in [-0.39, 0.29) is 0 Å². The van der Waals surface area contributed by atoms with Gasteiger partial charge in [-0.05, 0) is 12.0 Å². The highest BCUT2D eigenvalue weighted by atomic mass is 16.7. The number of hydrogen-bond donors (Lipinski definition) is 0. The van der Waals surface area contributed by atoms with Gasteiger partial charge in [-0.3, -0.25) is 0 Å². The highest BCUT2D eigenvalue weighted by Crippen LogP contribution is 2.42. The lowest BCUT2D eigenvalue weighted by molar-refractivity contribution is -0.168. The number of pyridine rings is 1. The van der Waals surface area contributed by atoms with Crippen molar-refractivity contribution in [1.82, 2.24) is 4.98 Å². The summed E-state index contributed by atoms with van der Waals surface area (Å²) in [7, 11) is 1.66. The maximum absolute atomic E-state index is 5.85.